The predicted octanol–water partition coefficient (Wildman–Crippen LogP) is 2.57. The van der Waals surface area contributed by atoms with E-state index in [4.69, 9.17) is 9.63 Å². The molecule has 2 N–H and O–H groups in total. The number of hydrogen-bond acceptors (Lipinski definition) is 5. The first-order valence-electron chi connectivity index (χ1n) is 9.34. The highest BCUT2D eigenvalue weighted by Gasteiger charge is 2.36. The summed E-state index contributed by atoms with van der Waals surface area (Å²) in [4.78, 5) is 25.8. The fourth-order valence-corrected chi connectivity index (χ4v) is 3.53. The standard InChI is InChI=1S/C20H25N3O4/c1-3-16-18(19(22-27-16)13-8-6-5-7-9-13)20(26)21-14-10-15(11-14)23(4-2)12-17(24)25/h5-9,14-15H,3-4,10-12H2,1-2H3,(H,21,26)(H,24,25). The second-order valence-electron chi connectivity index (χ2n) is 6.80. The summed E-state index contributed by atoms with van der Waals surface area (Å²) < 4.78 is 5.39. The molecule has 2 aromatic rings. The third-order valence-corrected chi connectivity index (χ3v) is 5.07. The van der Waals surface area contributed by atoms with Crippen molar-refractivity contribution in [1.82, 2.24) is 15.4 Å². The van der Waals surface area contributed by atoms with E-state index in [1.165, 1.54) is 0 Å². The molecular weight excluding hydrogens is 346 g/mol. The lowest BCUT2D eigenvalue weighted by Gasteiger charge is -2.42. The molecule has 1 heterocycles. The fraction of sp³-hybridized carbons (Fsp3) is 0.450. The number of rotatable bonds is 8. The summed E-state index contributed by atoms with van der Waals surface area (Å²) in [5.74, 6) is -0.436. The molecule has 1 amide bonds. The van der Waals surface area contributed by atoms with Crippen LogP contribution in [-0.2, 0) is 11.2 Å². The predicted molar refractivity (Wildman–Crippen MR) is 100 cm³/mol. The molecule has 3 rings (SSSR count). The van der Waals surface area contributed by atoms with Crippen LogP contribution < -0.4 is 5.32 Å². The Morgan fingerprint density at radius 3 is 2.56 bits per heavy atom. The minimum absolute atomic E-state index is 0.0334. The SMILES string of the molecule is CCc1onc(-c2ccccc2)c1C(=O)NC1CC(N(CC)CC(=O)O)C1. The monoisotopic (exact) mass is 371 g/mol. The number of likely N-dealkylation sites (N-methyl/N-ethyl adjacent to an activating group) is 1. The average molecular weight is 371 g/mol. The molecular formula is C20H25N3O4. The minimum Gasteiger partial charge on any atom is -0.480 e. The Balaban J connectivity index is 1.68. The van der Waals surface area contributed by atoms with Gasteiger partial charge < -0.3 is 14.9 Å². The molecule has 144 valence electrons. The number of nitrogens with zero attached hydrogens (tertiary/aromatic N) is 2. The summed E-state index contributed by atoms with van der Waals surface area (Å²) in [6.07, 6.45) is 2.08. The first-order chi connectivity index (χ1) is 13.0. The highest BCUT2D eigenvalue weighted by Crippen LogP contribution is 2.29. The lowest BCUT2D eigenvalue weighted by atomic mass is 9.85. The maximum absolute atomic E-state index is 12.9. The second-order valence-corrected chi connectivity index (χ2v) is 6.80. The molecule has 1 fully saturated rings. The Hall–Kier alpha value is -2.67. The van der Waals surface area contributed by atoms with Gasteiger partial charge in [0.1, 0.15) is 17.0 Å². The molecule has 0 unspecified atom stereocenters. The van der Waals surface area contributed by atoms with Crippen molar-refractivity contribution in [1.29, 1.82) is 0 Å². The Labute approximate surface area is 158 Å². The van der Waals surface area contributed by atoms with E-state index in [0.717, 1.165) is 18.4 Å². The number of hydrogen-bond donors (Lipinski definition) is 2. The summed E-state index contributed by atoms with van der Waals surface area (Å²) in [7, 11) is 0. The summed E-state index contributed by atoms with van der Waals surface area (Å²) in [6, 6.07) is 9.74. The van der Waals surface area contributed by atoms with Crippen molar-refractivity contribution >= 4 is 11.9 Å². The molecule has 7 heteroatoms. The Kier molecular flexibility index (Phi) is 5.91. The number of carboxylic acid groups (broad SMARTS) is 1. The van der Waals surface area contributed by atoms with Crippen LogP contribution in [0.25, 0.3) is 11.3 Å². The minimum atomic E-state index is -0.825. The van der Waals surface area contributed by atoms with Crippen molar-refractivity contribution in [3.63, 3.8) is 0 Å². The molecule has 7 nitrogen and oxygen atoms in total. The highest BCUT2D eigenvalue weighted by atomic mass is 16.5. The van der Waals surface area contributed by atoms with Crippen molar-refractivity contribution in [2.45, 2.75) is 45.2 Å². The van der Waals surface area contributed by atoms with Crippen LogP contribution in [-0.4, -0.2) is 52.2 Å². The summed E-state index contributed by atoms with van der Waals surface area (Å²) in [6.45, 7) is 4.59. The first-order valence-corrected chi connectivity index (χ1v) is 9.34. The van der Waals surface area contributed by atoms with E-state index >= 15 is 0 Å². The zero-order valence-corrected chi connectivity index (χ0v) is 15.6. The molecule has 1 saturated carbocycles. The van der Waals surface area contributed by atoms with Crippen molar-refractivity contribution < 1.29 is 19.2 Å². The molecule has 1 aliphatic carbocycles. The average Bonchev–Trinajstić information content (AvgIpc) is 3.07. The number of carbonyl (C=O) groups excluding carboxylic acids is 1. The zero-order valence-electron chi connectivity index (χ0n) is 15.6. The van der Waals surface area contributed by atoms with E-state index in [1.807, 2.05) is 49.1 Å². The first kappa shape index (κ1) is 19.1. The van der Waals surface area contributed by atoms with Crippen molar-refractivity contribution in [2.75, 3.05) is 13.1 Å². The number of aliphatic carboxylic acids is 1. The quantitative estimate of drug-likeness (QED) is 0.740. The number of benzene rings is 1. The van der Waals surface area contributed by atoms with Gasteiger partial charge in [0.2, 0.25) is 0 Å². The molecule has 1 aromatic heterocycles. The van der Waals surface area contributed by atoms with Gasteiger partial charge in [-0.3, -0.25) is 14.5 Å². The molecule has 0 radical (unpaired) electrons. The van der Waals surface area contributed by atoms with Crippen LogP contribution in [0.4, 0.5) is 0 Å². The zero-order chi connectivity index (χ0) is 19.4. The third kappa shape index (κ3) is 4.19. The van der Waals surface area contributed by atoms with Crippen LogP contribution in [0.1, 0.15) is 42.8 Å². The fourth-order valence-electron chi connectivity index (χ4n) is 3.53. The van der Waals surface area contributed by atoms with Gasteiger partial charge in [-0.05, 0) is 19.4 Å². The summed E-state index contributed by atoms with van der Waals surface area (Å²) in [5.41, 5.74) is 1.89. The van der Waals surface area contributed by atoms with Crippen molar-refractivity contribution in [3.05, 3.63) is 41.7 Å². The Bertz CT molecular complexity index is 797. The summed E-state index contributed by atoms with van der Waals surface area (Å²) >= 11 is 0. The number of aromatic nitrogens is 1. The number of carboxylic acids is 1. The van der Waals surface area contributed by atoms with Crippen molar-refractivity contribution in [2.24, 2.45) is 0 Å². The summed E-state index contributed by atoms with van der Waals surface area (Å²) in [5, 5.41) is 16.1. The maximum Gasteiger partial charge on any atom is 0.317 e. The van der Waals surface area contributed by atoms with Crippen LogP contribution >= 0.6 is 0 Å². The van der Waals surface area contributed by atoms with Crippen LogP contribution in [0.15, 0.2) is 34.9 Å². The van der Waals surface area contributed by atoms with Gasteiger partial charge in [-0.25, -0.2) is 0 Å². The van der Waals surface area contributed by atoms with E-state index in [1.54, 1.807) is 0 Å². The van der Waals surface area contributed by atoms with Crippen LogP contribution in [0.5, 0.6) is 0 Å². The molecule has 0 aliphatic heterocycles. The molecule has 1 aliphatic rings. The van der Waals surface area contributed by atoms with Gasteiger partial charge in [0.05, 0.1) is 6.54 Å². The molecule has 1 aromatic carbocycles. The van der Waals surface area contributed by atoms with E-state index in [9.17, 15) is 9.59 Å². The van der Waals surface area contributed by atoms with Gasteiger partial charge >= 0.3 is 5.97 Å². The third-order valence-electron chi connectivity index (χ3n) is 5.07. The Morgan fingerprint density at radius 2 is 1.96 bits per heavy atom. The smallest absolute Gasteiger partial charge is 0.317 e. The number of aryl methyl sites for hydroxylation is 1. The van der Waals surface area contributed by atoms with Crippen LogP contribution in [0, 0.1) is 0 Å². The molecule has 0 bridgehead atoms. The van der Waals surface area contributed by atoms with Crippen molar-refractivity contribution in [3.8, 4) is 11.3 Å². The maximum atomic E-state index is 12.9. The lowest BCUT2D eigenvalue weighted by Crippen LogP contribution is -2.54. The van der Waals surface area contributed by atoms with Gasteiger partial charge in [0.25, 0.3) is 5.91 Å². The van der Waals surface area contributed by atoms with E-state index in [2.05, 4.69) is 10.5 Å². The van der Waals surface area contributed by atoms with Gasteiger partial charge in [-0.1, -0.05) is 49.3 Å². The van der Waals surface area contributed by atoms with E-state index in [-0.39, 0.29) is 24.5 Å². The lowest BCUT2D eigenvalue weighted by molar-refractivity contribution is -0.139. The van der Waals surface area contributed by atoms with Gasteiger partial charge in [0, 0.05) is 24.1 Å². The van der Waals surface area contributed by atoms with Crippen LogP contribution in [0.2, 0.25) is 0 Å². The molecule has 0 spiro atoms. The van der Waals surface area contributed by atoms with Gasteiger partial charge in [-0.2, -0.15) is 0 Å². The molecule has 0 saturated heterocycles. The second kappa shape index (κ2) is 8.35. The molecule has 0 atom stereocenters. The van der Waals surface area contributed by atoms with Gasteiger partial charge in [-0.15, -0.1) is 0 Å². The highest BCUT2D eigenvalue weighted by molar-refractivity contribution is 6.01. The van der Waals surface area contributed by atoms with Gasteiger partial charge in [0.15, 0.2) is 0 Å². The normalized spacial score (nSPS) is 18.9. The van der Waals surface area contributed by atoms with E-state index in [0.29, 0.717) is 30.0 Å². The Morgan fingerprint density at radius 1 is 1.26 bits per heavy atom. The number of carbonyl (C=O) groups is 2. The van der Waals surface area contributed by atoms with Crippen LogP contribution in [0.3, 0.4) is 0 Å². The topological polar surface area (TPSA) is 95.7 Å². The van der Waals surface area contributed by atoms with E-state index < -0.39 is 5.97 Å². The molecule has 27 heavy (non-hydrogen) atoms. The number of amides is 1. The number of nitrogens with one attached hydrogen (secondary N) is 1. The largest absolute Gasteiger partial charge is 0.480 e.